The van der Waals surface area contributed by atoms with E-state index in [0.717, 1.165) is 44.9 Å². The van der Waals surface area contributed by atoms with Crippen molar-refractivity contribution >= 4 is 71.1 Å². The van der Waals surface area contributed by atoms with Gasteiger partial charge in [-0.3, -0.25) is 0 Å². The quantitative estimate of drug-likeness (QED) is 0.150. The Bertz CT molecular complexity index is 3600. The van der Waals surface area contributed by atoms with E-state index < -0.39 is 0 Å². The molecule has 0 radical (unpaired) electrons. The van der Waals surface area contributed by atoms with E-state index in [0.29, 0.717) is 0 Å². The molecule has 12 rings (SSSR count). The van der Waals surface area contributed by atoms with Gasteiger partial charge in [-0.25, -0.2) is 0 Å². The standard InChI is InChI=1S/C60H39NO/c1-4-17-51-41(11-1)14-10-21-53(51)43-27-32-50(33-28-43)61(49-30-25-40(26-31-49)44-29-34-54-46(37-44)24-23-42-12-2-5-18-52(42)54)58-36-35-55(56-19-6-7-20-57(56)58)45-15-9-16-47(38-45)60-39-48-13-3-8-22-59(48)62-60/h1-39H. The molecule has 2 heteroatoms. The SMILES string of the molecule is c1cc(-c2cc3ccccc3o2)cc(-c2ccc(N(c3ccc(-c4ccc5c(ccc6ccccc65)c4)cc3)c3ccc(-c4cccc5ccccc45)cc3)c3ccccc23)c1. The van der Waals surface area contributed by atoms with Crippen LogP contribution in [0.5, 0.6) is 0 Å². The van der Waals surface area contributed by atoms with Gasteiger partial charge in [0.25, 0.3) is 0 Å². The highest BCUT2D eigenvalue weighted by molar-refractivity contribution is 6.09. The van der Waals surface area contributed by atoms with Crippen LogP contribution in [0, 0.1) is 0 Å². The molecule has 62 heavy (non-hydrogen) atoms. The fraction of sp³-hybridized carbons (Fsp3) is 0. The molecule has 1 aromatic heterocycles. The minimum Gasteiger partial charge on any atom is -0.456 e. The zero-order valence-corrected chi connectivity index (χ0v) is 33.9. The highest BCUT2D eigenvalue weighted by Crippen LogP contribution is 2.44. The number of fused-ring (bicyclic) bond motifs is 6. The van der Waals surface area contributed by atoms with Crippen molar-refractivity contribution in [2.24, 2.45) is 0 Å². The van der Waals surface area contributed by atoms with E-state index in [1.165, 1.54) is 70.9 Å². The molecule has 0 aliphatic carbocycles. The van der Waals surface area contributed by atoms with E-state index in [1.807, 2.05) is 12.1 Å². The molecule has 0 amide bonds. The topological polar surface area (TPSA) is 16.4 Å². The van der Waals surface area contributed by atoms with Crippen LogP contribution in [0.15, 0.2) is 241 Å². The van der Waals surface area contributed by atoms with Crippen molar-refractivity contribution in [2.75, 3.05) is 4.90 Å². The molecule has 11 aromatic carbocycles. The highest BCUT2D eigenvalue weighted by Gasteiger charge is 2.19. The van der Waals surface area contributed by atoms with Crippen molar-refractivity contribution in [2.45, 2.75) is 0 Å². The number of furan rings is 1. The Morgan fingerprint density at radius 2 is 0.839 bits per heavy atom. The maximum atomic E-state index is 6.30. The molecule has 0 aliphatic rings. The molecule has 0 saturated heterocycles. The van der Waals surface area contributed by atoms with Crippen LogP contribution >= 0.6 is 0 Å². The number of hydrogen-bond donors (Lipinski definition) is 0. The second kappa shape index (κ2) is 14.8. The van der Waals surface area contributed by atoms with Crippen LogP contribution in [0.2, 0.25) is 0 Å². The minimum atomic E-state index is 0.868. The molecule has 290 valence electrons. The number of nitrogens with zero attached hydrogens (tertiary/aromatic N) is 1. The summed E-state index contributed by atoms with van der Waals surface area (Å²) < 4.78 is 6.30. The fourth-order valence-corrected chi connectivity index (χ4v) is 9.38. The van der Waals surface area contributed by atoms with Gasteiger partial charge >= 0.3 is 0 Å². The number of hydrogen-bond acceptors (Lipinski definition) is 2. The van der Waals surface area contributed by atoms with Gasteiger partial charge < -0.3 is 9.32 Å². The average molecular weight is 790 g/mol. The van der Waals surface area contributed by atoms with Gasteiger partial charge in [0.15, 0.2) is 0 Å². The molecular formula is C60H39NO. The summed E-state index contributed by atoms with van der Waals surface area (Å²) in [6, 6.07) is 85.6. The zero-order valence-electron chi connectivity index (χ0n) is 33.9. The third-order valence-corrected chi connectivity index (χ3v) is 12.5. The second-order valence-corrected chi connectivity index (χ2v) is 16.1. The Hall–Kier alpha value is -8.20. The largest absolute Gasteiger partial charge is 0.456 e. The normalized spacial score (nSPS) is 11.5. The third-order valence-electron chi connectivity index (χ3n) is 12.5. The summed E-state index contributed by atoms with van der Waals surface area (Å²) in [4.78, 5) is 2.40. The first-order chi connectivity index (χ1) is 30.7. The van der Waals surface area contributed by atoms with Crippen LogP contribution in [0.25, 0.3) is 98.8 Å². The van der Waals surface area contributed by atoms with Gasteiger partial charge in [-0.1, -0.05) is 182 Å². The summed E-state index contributed by atoms with van der Waals surface area (Å²) in [6.07, 6.45) is 0. The molecule has 0 bridgehead atoms. The van der Waals surface area contributed by atoms with Gasteiger partial charge in [0.1, 0.15) is 11.3 Å². The first-order valence-corrected chi connectivity index (χ1v) is 21.2. The maximum absolute atomic E-state index is 6.30. The van der Waals surface area contributed by atoms with Gasteiger partial charge in [0.2, 0.25) is 0 Å². The zero-order chi connectivity index (χ0) is 41.0. The maximum Gasteiger partial charge on any atom is 0.135 e. The van der Waals surface area contributed by atoms with Crippen molar-refractivity contribution in [1.82, 2.24) is 0 Å². The van der Waals surface area contributed by atoms with Gasteiger partial charge in [0.05, 0.1) is 5.69 Å². The Labute approximate surface area is 360 Å². The first kappa shape index (κ1) is 35.7. The molecule has 0 unspecified atom stereocenters. The number of rotatable bonds is 7. The summed E-state index contributed by atoms with van der Waals surface area (Å²) in [6.45, 7) is 0. The Kier molecular flexibility index (Phi) is 8.53. The molecular weight excluding hydrogens is 751 g/mol. The van der Waals surface area contributed by atoms with Crippen LogP contribution in [0.4, 0.5) is 17.1 Å². The van der Waals surface area contributed by atoms with Gasteiger partial charge in [-0.2, -0.15) is 0 Å². The van der Waals surface area contributed by atoms with Gasteiger partial charge in [-0.05, 0) is 126 Å². The van der Waals surface area contributed by atoms with E-state index in [2.05, 4.69) is 229 Å². The lowest BCUT2D eigenvalue weighted by atomic mass is 9.94. The van der Waals surface area contributed by atoms with E-state index in [1.54, 1.807) is 0 Å². The molecule has 0 saturated carbocycles. The fourth-order valence-electron chi connectivity index (χ4n) is 9.38. The average Bonchev–Trinajstić information content (AvgIpc) is 3.79. The van der Waals surface area contributed by atoms with Crippen LogP contribution in [-0.2, 0) is 0 Å². The molecule has 1 heterocycles. The van der Waals surface area contributed by atoms with Crippen molar-refractivity contribution in [3.8, 4) is 44.7 Å². The second-order valence-electron chi connectivity index (χ2n) is 16.1. The molecule has 12 aromatic rings. The van der Waals surface area contributed by atoms with Crippen molar-refractivity contribution in [3.05, 3.63) is 237 Å². The Morgan fingerprint density at radius 3 is 1.63 bits per heavy atom. The van der Waals surface area contributed by atoms with E-state index >= 15 is 0 Å². The van der Waals surface area contributed by atoms with E-state index in [4.69, 9.17) is 4.42 Å². The molecule has 0 atom stereocenters. The molecule has 2 nitrogen and oxygen atoms in total. The number of benzene rings is 11. The molecule has 0 fully saturated rings. The van der Waals surface area contributed by atoms with Crippen molar-refractivity contribution in [1.29, 1.82) is 0 Å². The minimum absolute atomic E-state index is 0.868. The predicted molar refractivity (Wildman–Crippen MR) is 263 cm³/mol. The summed E-state index contributed by atoms with van der Waals surface area (Å²) in [5, 5.41) is 11.0. The summed E-state index contributed by atoms with van der Waals surface area (Å²) in [5.41, 5.74) is 12.4. The molecule has 0 N–H and O–H groups in total. The van der Waals surface area contributed by atoms with Crippen LogP contribution < -0.4 is 4.90 Å². The van der Waals surface area contributed by atoms with Gasteiger partial charge in [-0.15, -0.1) is 0 Å². The molecule has 0 spiro atoms. The number of anilines is 3. The van der Waals surface area contributed by atoms with E-state index in [9.17, 15) is 0 Å². The lowest BCUT2D eigenvalue weighted by Crippen LogP contribution is -2.10. The lowest BCUT2D eigenvalue weighted by molar-refractivity contribution is 0.631. The summed E-state index contributed by atoms with van der Waals surface area (Å²) in [5.74, 6) is 0.868. The highest BCUT2D eigenvalue weighted by atomic mass is 16.3. The molecule has 0 aliphatic heterocycles. The third kappa shape index (κ3) is 6.20. The lowest BCUT2D eigenvalue weighted by Gasteiger charge is -2.28. The van der Waals surface area contributed by atoms with Gasteiger partial charge in [0, 0.05) is 27.7 Å². The summed E-state index contributed by atoms with van der Waals surface area (Å²) >= 11 is 0. The predicted octanol–water partition coefficient (Wildman–Crippen LogP) is 17.2. The monoisotopic (exact) mass is 789 g/mol. The first-order valence-electron chi connectivity index (χ1n) is 21.2. The van der Waals surface area contributed by atoms with E-state index in [-0.39, 0.29) is 0 Å². The smallest absolute Gasteiger partial charge is 0.135 e. The Morgan fingerprint density at radius 1 is 0.274 bits per heavy atom. The van der Waals surface area contributed by atoms with Crippen LogP contribution in [-0.4, -0.2) is 0 Å². The van der Waals surface area contributed by atoms with Crippen molar-refractivity contribution < 1.29 is 4.42 Å². The van der Waals surface area contributed by atoms with Crippen LogP contribution in [0.3, 0.4) is 0 Å². The Balaban J connectivity index is 0.972. The van der Waals surface area contributed by atoms with Crippen molar-refractivity contribution in [3.63, 3.8) is 0 Å². The summed E-state index contributed by atoms with van der Waals surface area (Å²) in [7, 11) is 0. The van der Waals surface area contributed by atoms with Crippen LogP contribution in [0.1, 0.15) is 0 Å². The number of para-hydroxylation sites is 1.